The third-order valence-corrected chi connectivity index (χ3v) is 4.28. The number of allylic oxidation sites excluding steroid dienone is 4. The van der Waals surface area contributed by atoms with Crippen LogP contribution in [0.5, 0.6) is 0 Å². The number of aryl methyl sites for hydroxylation is 1. The van der Waals surface area contributed by atoms with Crippen molar-refractivity contribution in [3.63, 3.8) is 0 Å². The average molecular weight is 356 g/mol. The fourth-order valence-electron chi connectivity index (χ4n) is 2.86. The molecule has 0 spiro atoms. The van der Waals surface area contributed by atoms with Gasteiger partial charge < -0.3 is 4.74 Å². The number of cyclic esters (lactones) is 1. The number of hydrogen-bond donors (Lipinski definition) is 1. The summed E-state index contributed by atoms with van der Waals surface area (Å²) >= 11 is 0. The van der Waals surface area contributed by atoms with E-state index in [2.05, 4.69) is 15.2 Å². The Kier molecular flexibility index (Phi) is 5.16. The molecule has 0 saturated carbocycles. The van der Waals surface area contributed by atoms with Gasteiger partial charge in [-0.05, 0) is 44.0 Å². The molecule has 1 aliphatic heterocycles. The van der Waals surface area contributed by atoms with Gasteiger partial charge in [-0.25, -0.2) is 14.1 Å². The number of rotatable bonds is 4. The Labute approximate surface area is 151 Å². The van der Waals surface area contributed by atoms with Crippen LogP contribution in [0.3, 0.4) is 0 Å². The second kappa shape index (κ2) is 7.51. The van der Waals surface area contributed by atoms with Gasteiger partial charge in [-0.3, -0.25) is 5.10 Å². The molecule has 1 unspecified atom stereocenters. The highest BCUT2D eigenvalue weighted by atomic mass is 19.1. The van der Waals surface area contributed by atoms with E-state index in [4.69, 9.17) is 4.74 Å². The number of hydrogen-bond acceptors (Lipinski definition) is 4. The summed E-state index contributed by atoms with van der Waals surface area (Å²) in [5, 5.41) is 6.97. The smallest absolute Gasteiger partial charge is 0.417 e. The van der Waals surface area contributed by atoms with E-state index < -0.39 is 12.2 Å². The van der Waals surface area contributed by atoms with E-state index in [1.165, 1.54) is 11.0 Å². The predicted molar refractivity (Wildman–Crippen MR) is 97.2 cm³/mol. The van der Waals surface area contributed by atoms with Gasteiger partial charge in [0.25, 0.3) is 5.95 Å². The topological polar surface area (TPSA) is 71.1 Å². The Bertz CT molecular complexity index is 872. The Hall–Kier alpha value is -2.96. The minimum atomic E-state index is -0.512. The zero-order valence-electron chi connectivity index (χ0n) is 15.0. The molecule has 3 rings (SSSR count). The Morgan fingerprint density at radius 3 is 2.88 bits per heavy atom. The predicted octanol–water partition coefficient (Wildman–Crippen LogP) is 4.32. The van der Waals surface area contributed by atoms with Crippen molar-refractivity contribution in [3.8, 4) is 0 Å². The molecule has 0 aliphatic carbocycles. The highest BCUT2D eigenvalue weighted by Crippen LogP contribution is 2.29. The first-order valence-corrected chi connectivity index (χ1v) is 8.49. The molecule has 136 valence electrons. The minimum absolute atomic E-state index is 0.272. The zero-order chi connectivity index (χ0) is 18.7. The van der Waals surface area contributed by atoms with Gasteiger partial charge in [0.05, 0.1) is 0 Å². The molecule has 0 bridgehead atoms. The number of aromatic amines is 1. The molecule has 1 aliphatic rings. The van der Waals surface area contributed by atoms with E-state index in [1.54, 1.807) is 19.1 Å². The van der Waals surface area contributed by atoms with Crippen molar-refractivity contribution >= 4 is 17.6 Å². The lowest BCUT2D eigenvalue weighted by atomic mass is 10.0. The van der Waals surface area contributed by atoms with Crippen LogP contribution in [0.1, 0.15) is 43.3 Å². The third-order valence-electron chi connectivity index (χ3n) is 4.28. The first kappa shape index (κ1) is 17.8. The van der Waals surface area contributed by atoms with Crippen LogP contribution < -0.4 is 4.90 Å². The van der Waals surface area contributed by atoms with Gasteiger partial charge in [0.1, 0.15) is 11.9 Å². The van der Waals surface area contributed by atoms with Crippen LogP contribution in [0, 0.1) is 12.7 Å². The number of H-pyrrole nitrogens is 1. The van der Waals surface area contributed by atoms with Crippen LogP contribution in [0.25, 0.3) is 5.57 Å². The summed E-state index contributed by atoms with van der Waals surface area (Å²) in [5.41, 5.74) is 2.20. The monoisotopic (exact) mass is 356 g/mol. The number of aromatic nitrogens is 3. The average Bonchev–Trinajstić information content (AvgIpc) is 3.11. The van der Waals surface area contributed by atoms with Crippen LogP contribution in [0.15, 0.2) is 36.4 Å². The van der Waals surface area contributed by atoms with Gasteiger partial charge in [0.2, 0.25) is 0 Å². The van der Waals surface area contributed by atoms with Gasteiger partial charge >= 0.3 is 6.09 Å². The third kappa shape index (κ3) is 3.51. The van der Waals surface area contributed by atoms with Crippen molar-refractivity contribution in [2.45, 2.75) is 33.3 Å². The van der Waals surface area contributed by atoms with Gasteiger partial charge in [-0.15, -0.1) is 5.10 Å². The number of carbonyl (C=O) groups is 1. The van der Waals surface area contributed by atoms with E-state index in [9.17, 15) is 9.18 Å². The molecule has 1 amide bonds. The molecular weight excluding hydrogens is 335 g/mol. The number of halogens is 1. The van der Waals surface area contributed by atoms with Gasteiger partial charge in [-0.1, -0.05) is 24.3 Å². The number of benzene rings is 1. The molecule has 0 radical (unpaired) electrons. The number of amides is 1. The van der Waals surface area contributed by atoms with Crippen LogP contribution in [-0.4, -0.2) is 27.8 Å². The Morgan fingerprint density at radius 1 is 1.42 bits per heavy atom. The molecule has 1 aromatic carbocycles. The molecule has 2 aromatic rings. The number of anilines is 1. The maximum Gasteiger partial charge on any atom is 0.417 e. The molecule has 1 fully saturated rings. The molecular formula is C19H21FN4O2. The van der Waals surface area contributed by atoms with Crippen molar-refractivity contribution in [1.29, 1.82) is 0 Å². The summed E-state index contributed by atoms with van der Waals surface area (Å²) in [4.78, 5) is 18.2. The van der Waals surface area contributed by atoms with Crippen molar-refractivity contribution in [1.82, 2.24) is 15.2 Å². The second-order valence-corrected chi connectivity index (χ2v) is 6.05. The maximum absolute atomic E-state index is 13.4. The number of carbonyl (C=O) groups excluding carboxylic acids is 1. The van der Waals surface area contributed by atoms with E-state index in [0.717, 1.165) is 11.1 Å². The van der Waals surface area contributed by atoms with Crippen LogP contribution >= 0.6 is 0 Å². The lowest BCUT2D eigenvalue weighted by Gasteiger charge is -2.30. The fourth-order valence-corrected chi connectivity index (χ4v) is 2.86. The summed E-state index contributed by atoms with van der Waals surface area (Å²) in [6, 6.07) is 4.76. The normalized spacial score (nSPS) is 18.5. The summed E-state index contributed by atoms with van der Waals surface area (Å²) in [5.74, 6) is 0.596. The van der Waals surface area contributed by atoms with Crippen LogP contribution in [-0.2, 0) is 4.74 Å². The van der Waals surface area contributed by atoms with Gasteiger partial charge in [0.15, 0.2) is 5.82 Å². The van der Waals surface area contributed by atoms with Crippen LogP contribution in [0.2, 0.25) is 0 Å². The zero-order valence-corrected chi connectivity index (χ0v) is 15.0. The van der Waals surface area contributed by atoms with Gasteiger partial charge in [-0.2, -0.15) is 4.98 Å². The molecule has 1 saturated heterocycles. The highest BCUT2D eigenvalue weighted by Gasteiger charge is 2.31. The number of nitrogens with one attached hydrogen (secondary N) is 1. The van der Waals surface area contributed by atoms with E-state index >= 15 is 0 Å². The molecule has 7 heteroatoms. The van der Waals surface area contributed by atoms with Crippen molar-refractivity contribution in [2.75, 3.05) is 11.4 Å². The molecule has 1 N–H and O–H groups in total. The molecule has 1 aromatic heterocycles. The number of ether oxygens (including phenoxy) is 1. The lowest BCUT2D eigenvalue weighted by Crippen LogP contribution is -2.39. The molecule has 6 nitrogen and oxygen atoms in total. The summed E-state index contributed by atoms with van der Waals surface area (Å²) < 4.78 is 19.0. The van der Waals surface area contributed by atoms with E-state index in [-0.39, 0.29) is 11.8 Å². The SMILES string of the molecule is C/C=C\C(=C/C)c1nc(N2CCC(c3ccc(F)c(C)c3)OC2=O)n[nH]1. The maximum atomic E-state index is 13.4. The first-order valence-electron chi connectivity index (χ1n) is 8.49. The lowest BCUT2D eigenvalue weighted by molar-refractivity contribution is 0.0836. The first-order chi connectivity index (χ1) is 12.5. The van der Waals surface area contributed by atoms with Gasteiger partial charge in [0, 0.05) is 18.5 Å². The Morgan fingerprint density at radius 2 is 2.23 bits per heavy atom. The largest absolute Gasteiger partial charge is 0.441 e. The van der Waals surface area contributed by atoms with E-state index in [1.807, 2.05) is 32.1 Å². The van der Waals surface area contributed by atoms with Crippen molar-refractivity contribution in [2.24, 2.45) is 0 Å². The molecule has 2 heterocycles. The quantitative estimate of drug-likeness (QED) is 0.828. The van der Waals surface area contributed by atoms with Crippen molar-refractivity contribution in [3.05, 3.63) is 59.2 Å². The summed E-state index contributed by atoms with van der Waals surface area (Å²) in [6.45, 7) is 5.93. The summed E-state index contributed by atoms with van der Waals surface area (Å²) in [7, 11) is 0. The second-order valence-electron chi connectivity index (χ2n) is 6.05. The van der Waals surface area contributed by atoms with E-state index in [0.29, 0.717) is 24.4 Å². The summed E-state index contributed by atoms with van der Waals surface area (Å²) in [6.07, 6.45) is 5.39. The molecule has 26 heavy (non-hydrogen) atoms. The highest BCUT2D eigenvalue weighted by molar-refractivity contribution is 5.86. The fraction of sp³-hybridized carbons (Fsp3) is 0.316. The minimum Gasteiger partial charge on any atom is -0.441 e. The number of nitrogens with zero attached hydrogens (tertiary/aromatic N) is 3. The van der Waals surface area contributed by atoms with Crippen LogP contribution in [0.4, 0.5) is 15.1 Å². The standard InChI is InChI=1S/C19H21FN4O2/c1-4-6-13(5-2)17-21-18(23-22-17)24-10-9-16(26-19(24)25)14-7-8-15(20)12(3)11-14/h4-8,11,16H,9-10H2,1-3H3,(H,21,22,23)/b6-4-,13-5+. The van der Waals surface area contributed by atoms with Crippen molar-refractivity contribution < 1.29 is 13.9 Å². The molecule has 1 atom stereocenters. The Balaban J connectivity index is 1.74.